The maximum absolute atomic E-state index is 12.6. The zero-order valence-corrected chi connectivity index (χ0v) is 17.4. The number of amides is 1. The number of carbonyl (C=O) groups is 1. The molecule has 3 N–H and O–H groups in total. The van der Waals surface area contributed by atoms with Crippen LogP contribution in [0.2, 0.25) is 0 Å². The highest BCUT2D eigenvalue weighted by molar-refractivity contribution is 7.92. The first-order valence-electron chi connectivity index (χ1n) is 8.60. The number of carbonyl (C=O) groups excluding carboxylic acids is 1. The summed E-state index contributed by atoms with van der Waals surface area (Å²) in [6.45, 7) is 3.80. The number of aryl methyl sites for hydroxylation is 2. The lowest BCUT2D eigenvalue weighted by Crippen LogP contribution is -2.33. The van der Waals surface area contributed by atoms with Gasteiger partial charge in [-0.1, -0.05) is 6.07 Å². The first-order chi connectivity index (χ1) is 13.7. The van der Waals surface area contributed by atoms with Gasteiger partial charge in [0.15, 0.2) is 10.9 Å². The van der Waals surface area contributed by atoms with E-state index in [-0.39, 0.29) is 15.8 Å². The van der Waals surface area contributed by atoms with Crippen molar-refractivity contribution in [1.82, 2.24) is 5.32 Å². The number of sulfonamides is 1. The molecule has 9 heteroatoms. The smallest absolute Gasteiger partial charge is 0.293 e. The van der Waals surface area contributed by atoms with Crippen molar-refractivity contribution in [2.24, 2.45) is 0 Å². The lowest BCUT2D eigenvalue weighted by atomic mass is 10.1. The molecule has 0 saturated heterocycles. The first-order valence-corrected chi connectivity index (χ1v) is 10.5. The van der Waals surface area contributed by atoms with Crippen LogP contribution in [0.15, 0.2) is 70.2 Å². The van der Waals surface area contributed by atoms with Gasteiger partial charge in [-0.15, -0.1) is 0 Å². The minimum absolute atomic E-state index is 0.0652. The predicted molar refractivity (Wildman–Crippen MR) is 116 cm³/mol. The third kappa shape index (κ3) is 5.43. The maximum atomic E-state index is 12.6. The molecule has 0 radical (unpaired) electrons. The van der Waals surface area contributed by atoms with Crippen LogP contribution in [0.3, 0.4) is 0 Å². The van der Waals surface area contributed by atoms with E-state index in [9.17, 15) is 13.2 Å². The molecular weight excluding hydrogens is 410 g/mol. The van der Waals surface area contributed by atoms with Crippen LogP contribution in [0.1, 0.15) is 21.7 Å². The van der Waals surface area contributed by atoms with Gasteiger partial charge in [0.2, 0.25) is 0 Å². The number of rotatable bonds is 5. The van der Waals surface area contributed by atoms with Crippen molar-refractivity contribution in [1.29, 1.82) is 0 Å². The van der Waals surface area contributed by atoms with Gasteiger partial charge in [0, 0.05) is 11.4 Å². The van der Waals surface area contributed by atoms with E-state index in [2.05, 4.69) is 15.4 Å². The molecule has 150 valence electrons. The molecule has 0 fully saturated rings. The topological polar surface area (TPSA) is 100 Å². The summed E-state index contributed by atoms with van der Waals surface area (Å²) in [4.78, 5) is 12.0. The molecule has 29 heavy (non-hydrogen) atoms. The molecule has 0 aliphatic carbocycles. The van der Waals surface area contributed by atoms with E-state index in [0.29, 0.717) is 11.4 Å². The average molecular weight is 430 g/mol. The molecule has 0 aliphatic rings. The number of hydrogen-bond donors (Lipinski definition) is 3. The average Bonchev–Trinajstić information content (AvgIpc) is 3.15. The van der Waals surface area contributed by atoms with Gasteiger partial charge in [-0.2, -0.15) is 0 Å². The molecule has 2 aromatic carbocycles. The fourth-order valence-corrected chi connectivity index (χ4v) is 3.95. The zero-order chi connectivity index (χ0) is 21.0. The van der Waals surface area contributed by atoms with E-state index in [1.807, 2.05) is 19.9 Å². The van der Waals surface area contributed by atoms with Gasteiger partial charge < -0.3 is 9.73 Å². The van der Waals surface area contributed by atoms with E-state index < -0.39 is 15.9 Å². The van der Waals surface area contributed by atoms with E-state index in [1.54, 1.807) is 30.3 Å². The van der Waals surface area contributed by atoms with E-state index in [0.717, 1.165) is 11.1 Å². The van der Waals surface area contributed by atoms with Crippen molar-refractivity contribution >= 4 is 44.6 Å². The van der Waals surface area contributed by atoms with Crippen LogP contribution >= 0.6 is 12.2 Å². The quantitative estimate of drug-likeness (QED) is 0.533. The third-order valence-electron chi connectivity index (χ3n) is 3.87. The second-order valence-electron chi connectivity index (χ2n) is 6.39. The van der Waals surface area contributed by atoms with Crippen LogP contribution in [0.25, 0.3) is 0 Å². The number of thiocarbonyl (C=S) groups is 1. The minimum Gasteiger partial charge on any atom is -0.459 e. The largest absolute Gasteiger partial charge is 0.459 e. The van der Waals surface area contributed by atoms with Crippen LogP contribution in [-0.2, 0) is 10.0 Å². The SMILES string of the molecule is Cc1cc(C)cc(NS(=O)(=O)c2ccc(NC(=S)NC(=O)c3ccco3)cc2)c1. The number of anilines is 2. The monoisotopic (exact) mass is 429 g/mol. The Hall–Kier alpha value is -3.17. The van der Waals surface area contributed by atoms with Crippen molar-refractivity contribution in [2.45, 2.75) is 18.7 Å². The Kier molecular flexibility index (Phi) is 6.00. The standard InChI is InChI=1S/C20H19N3O4S2/c1-13-10-14(2)12-16(11-13)23-29(25,26)17-7-5-15(6-8-17)21-20(28)22-19(24)18-4-3-9-27-18/h3-12,23H,1-2H3,(H2,21,22,24,28). The summed E-state index contributed by atoms with van der Waals surface area (Å²) in [5, 5.41) is 5.36. The van der Waals surface area contributed by atoms with Gasteiger partial charge in [-0.05, 0) is 85.7 Å². The van der Waals surface area contributed by atoms with Gasteiger partial charge in [-0.25, -0.2) is 8.42 Å². The summed E-state index contributed by atoms with van der Waals surface area (Å²) in [5.74, 6) is -0.350. The number of hydrogen-bond acceptors (Lipinski definition) is 5. The summed E-state index contributed by atoms with van der Waals surface area (Å²) >= 11 is 5.09. The molecule has 0 spiro atoms. The summed E-state index contributed by atoms with van der Waals surface area (Å²) in [6, 6.07) is 14.6. The third-order valence-corrected chi connectivity index (χ3v) is 5.47. The number of furan rings is 1. The minimum atomic E-state index is -3.73. The van der Waals surface area contributed by atoms with E-state index in [1.165, 1.54) is 24.5 Å². The second kappa shape index (κ2) is 8.46. The second-order valence-corrected chi connectivity index (χ2v) is 8.48. The molecule has 0 aliphatic heterocycles. The van der Waals surface area contributed by atoms with Gasteiger partial charge in [0.25, 0.3) is 15.9 Å². The van der Waals surface area contributed by atoms with Gasteiger partial charge >= 0.3 is 0 Å². The fraction of sp³-hybridized carbons (Fsp3) is 0.100. The van der Waals surface area contributed by atoms with E-state index >= 15 is 0 Å². The maximum Gasteiger partial charge on any atom is 0.293 e. The Morgan fingerprint density at radius 1 is 0.966 bits per heavy atom. The molecule has 3 rings (SSSR count). The van der Waals surface area contributed by atoms with Crippen LogP contribution in [0.4, 0.5) is 11.4 Å². The Morgan fingerprint density at radius 2 is 1.62 bits per heavy atom. The number of nitrogens with one attached hydrogen (secondary N) is 3. The van der Waals surface area contributed by atoms with Gasteiger partial charge in [-0.3, -0.25) is 14.8 Å². The normalized spacial score (nSPS) is 11.0. The molecule has 1 heterocycles. The van der Waals surface area contributed by atoms with Crippen LogP contribution < -0.4 is 15.4 Å². The van der Waals surface area contributed by atoms with Crippen molar-refractivity contribution < 1.29 is 17.6 Å². The molecule has 3 aromatic rings. The van der Waals surface area contributed by atoms with Crippen molar-refractivity contribution in [2.75, 3.05) is 10.0 Å². The predicted octanol–water partition coefficient (Wildman–Crippen LogP) is 3.82. The van der Waals surface area contributed by atoms with Crippen molar-refractivity contribution in [3.8, 4) is 0 Å². The lowest BCUT2D eigenvalue weighted by molar-refractivity contribution is 0.0950. The molecule has 7 nitrogen and oxygen atoms in total. The van der Waals surface area contributed by atoms with Crippen LogP contribution in [-0.4, -0.2) is 19.4 Å². The molecule has 0 unspecified atom stereocenters. The first kappa shape index (κ1) is 20.6. The zero-order valence-electron chi connectivity index (χ0n) is 15.7. The highest BCUT2D eigenvalue weighted by Crippen LogP contribution is 2.20. The van der Waals surface area contributed by atoms with Crippen molar-refractivity contribution in [3.05, 3.63) is 77.7 Å². The molecule has 0 bridgehead atoms. The highest BCUT2D eigenvalue weighted by Gasteiger charge is 2.15. The van der Waals surface area contributed by atoms with E-state index in [4.69, 9.17) is 16.6 Å². The Morgan fingerprint density at radius 3 is 2.21 bits per heavy atom. The van der Waals surface area contributed by atoms with Crippen LogP contribution in [0, 0.1) is 13.8 Å². The molecule has 0 atom stereocenters. The Labute approximate surface area is 174 Å². The Bertz CT molecular complexity index is 1120. The highest BCUT2D eigenvalue weighted by atomic mass is 32.2. The summed E-state index contributed by atoms with van der Waals surface area (Å²) in [5.41, 5.74) is 2.96. The molecular formula is C20H19N3O4S2. The summed E-state index contributed by atoms with van der Waals surface area (Å²) in [7, 11) is -3.73. The van der Waals surface area contributed by atoms with Crippen molar-refractivity contribution in [3.63, 3.8) is 0 Å². The summed E-state index contributed by atoms with van der Waals surface area (Å²) in [6.07, 6.45) is 1.39. The number of benzene rings is 2. The molecule has 1 aromatic heterocycles. The Balaban J connectivity index is 1.65. The lowest BCUT2D eigenvalue weighted by Gasteiger charge is -2.11. The summed E-state index contributed by atoms with van der Waals surface area (Å²) < 4.78 is 32.8. The molecule has 1 amide bonds. The molecule has 0 saturated carbocycles. The van der Waals surface area contributed by atoms with Gasteiger partial charge in [0.05, 0.1) is 11.2 Å². The fourth-order valence-electron chi connectivity index (χ4n) is 2.70. The van der Waals surface area contributed by atoms with Crippen LogP contribution in [0.5, 0.6) is 0 Å². The van der Waals surface area contributed by atoms with Gasteiger partial charge in [0.1, 0.15) is 0 Å².